The number of alkyl carbamates (subject to hydrolysis) is 1. The van der Waals surface area contributed by atoms with Crippen LogP contribution in [-0.4, -0.2) is 33.1 Å². The molecule has 1 amide bonds. The summed E-state index contributed by atoms with van der Waals surface area (Å²) in [6, 6.07) is 4.42. The number of phenolic OH excluding ortho intramolecular Hbond substituents is 1. The number of hydrogen-bond acceptors (Lipinski definition) is 4. The van der Waals surface area contributed by atoms with Crippen LogP contribution in [0.15, 0.2) is 30.6 Å². The van der Waals surface area contributed by atoms with Crippen molar-refractivity contribution in [1.29, 1.82) is 0 Å². The molecule has 0 fully saturated rings. The highest BCUT2D eigenvalue weighted by Crippen LogP contribution is 2.27. The number of ether oxygens (including phenoxy) is 1. The fourth-order valence-corrected chi connectivity index (χ4v) is 1.95. The molecular weight excluding hydrogens is 301 g/mol. The van der Waals surface area contributed by atoms with Crippen molar-refractivity contribution in [2.75, 3.05) is 6.54 Å². The van der Waals surface area contributed by atoms with E-state index in [-0.39, 0.29) is 5.56 Å². The van der Waals surface area contributed by atoms with Crippen LogP contribution in [0.25, 0.3) is 11.1 Å². The van der Waals surface area contributed by atoms with Gasteiger partial charge < -0.3 is 15.2 Å². The summed E-state index contributed by atoms with van der Waals surface area (Å²) >= 11 is 0. The predicted octanol–water partition coefficient (Wildman–Crippen LogP) is 2.92. The molecule has 6 nitrogen and oxygen atoms in total. The minimum atomic E-state index is -0.682. The summed E-state index contributed by atoms with van der Waals surface area (Å²) in [5, 5.41) is 16.1. The van der Waals surface area contributed by atoms with Crippen LogP contribution < -0.4 is 5.32 Å². The van der Waals surface area contributed by atoms with Gasteiger partial charge >= 0.3 is 6.09 Å². The fraction of sp³-hybridized carbons (Fsp3) is 0.375. The Labute approximate surface area is 133 Å². The van der Waals surface area contributed by atoms with Gasteiger partial charge in [0.1, 0.15) is 5.60 Å². The molecule has 124 valence electrons. The van der Waals surface area contributed by atoms with Crippen molar-refractivity contribution >= 4 is 6.09 Å². The number of halogens is 1. The summed E-state index contributed by atoms with van der Waals surface area (Å²) in [6.07, 6.45) is 2.66. The van der Waals surface area contributed by atoms with Gasteiger partial charge in [-0.05, 0) is 26.8 Å². The molecule has 0 saturated carbocycles. The zero-order valence-electron chi connectivity index (χ0n) is 13.3. The lowest BCUT2D eigenvalue weighted by molar-refractivity contribution is 0.0525. The second-order valence-corrected chi connectivity index (χ2v) is 6.06. The molecule has 2 rings (SSSR count). The summed E-state index contributed by atoms with van der Waals surface area (Å²) in [7, 11) is 0. The highest BCUT2D eigenvalue weighted by atomic mass is 19.1. The number of amides is 1. The van der Waals surface area contributed by atoms with Gasteiger partial charge in [-0.25, -0.2) is 9.18 Å². The fourth-order valence-electron chi connectivity index (χ4n) is 1.95. The van der Waals surface area contributed by atoms with Crippen molar-refractivity contribution < 1.29 is 19.0 Å². The maximum atomic E-state index is 13.9. The number of carbonyl (C=O) groups is 1. The van der Waals surface area contributed by atoms with Crippen molar-refractivity contribution in [2.24, 2.45) is 0 Å². The molecule has 0 saturated heterocycles. The van der Waals surface area contributed by atoms with Gasteiger partial charge in [-0.3, -0.25) is 4.68 Å². The zero-order chi connectivity index (χ0) is 17.0. The van der Waals surface area contributed by atoms with Gasteiger partial charge in [-0.2, -0.15) is 5.10 Å². The average molecular weight is 321 g/mol. The van der Waals surface area contributed by atoms with Crippen LogP contribution in [0.4, 0.5) is 9.18 Å². The number of phenols is 1. The van der Waals surface area contributed by atoms with Crippen LogP contribution in [0.2, 0.25) is 0 Å². The van der Waals surface area contributed by atoms with E-state index >= 15 is 0 Å². The first-order valence-electron chi connectivity index (χ1n) is 7.23. The molecule has 2 aromatic rings. The number of rotatable bonds is 4. The molecule has 1 heterocycles. The van der Waals surface area contributed by atoms with Crippen LogP contribution in [0, 0.1) is 5.82 Å². The summed E-state index contributed by atoms with van der Waals surface area (Å²) < 4.78 is 20.6. The van der Waals surface area contributed by atoms with Crippen LogP contribution in [0.3, 0.4) is 0 Å². The molecule has 2 N–H and O–H groups in total. The van der Waals surface area contributed by atoms with Gasteiger partial charge in [0.05, 0.1) is 12.7 Å². The summed E-state index contributed by atoms with van der Waals surface area (Å²) in [4.78, 5) is 11.5. The number of aromatic nitrogens is 2. The predicted molar refractivity (Wildman–Crippen MR) is 83.5 cm³/mol. The summed E-state index contributed by atoms with van der Waals surface area (Å²) in [5.41, 5.74) is 0.280. The molecule has 23 heavy (non-hydrogen) atoms. The number of aromatic hydroxyl groups is 1. The quantitative estimate of drug-likeness (QED) is 0.908. The van der Waals surface area contributed by atoms with E-state index in [9.17, 15) is 14.3 Å². The van der Waals surface area contributed by atoms with E-state index in [1.807, 2.05) is 0 Å². The molecule has 0 bridgehead atoms. The molecule has 0 unspecified atom stereocenters. The van der Waals surface area contributed by atoms with E-state index in [0.29, 0.717) is 18.7 Å². The minimum absolute atomic E-state index is 0.274. The molecule has 1 aromatic heterocycles. The molecule has 0 aliphatic heterocycles. The average Bonchev–Trinajstić information content (AvgIpc) is 2.88. The zero-order valence-corrected chi connectivity index (χ0v) is 13.3. The van der Waals surface area contributed by atoms with Crippen LogP contribution in [0.5, 0.6) is 5.75 Å². The third kappa shape index (κ3) is 4.70. The molecule has 0 spiro atoms. The first kappa shape index (κ1) is 16.8. The van der Waals surface area contributed by atoms with Crippen molar-refractivity contribution in [3.8, 4) is 16.9 Å². The second-order valence-electron chi connectivity index (χ2n) is 6.06. The number of hydrogen-bond donors (Lipinski definition) is 2. The number of benzene rings is 1. The molecule has 7 heteroatoms. The number of nitrogens with zero attached hydrogens (tertiary/aromatic N) is 2. The summed E-state index contributed by atoms with van der Waals surface area (Å²) in [5.74, 6) is -1.08. The smallest absolute Gasteiger partial charge is 0.407 e. The highest BCUT2D eigenvalue weighted by molar-refractivity contribution is 5.67. The third-order valence-electron chi connectivity index (χ3n) is 2.93. The van der Waals surface area contributed by atoms with E-state index in [4.69, 9.17) is 4.74 Å². The lowest BCUT2D eigenvalue weighted by Crippen LogP contribution is -2.34. The maximum Gasteiger partial charge on any atom is 0.407 e. The van der Waals surface area contributed by atoms with E-state index < -0.39 is 23.3 Å². The van der Waals surface area contributed by atoms with Crippen LogP contribution >= 0.6 is 0 Å². The highest BCUT2D eigenvalue weighted by Gasteiger charge is 2.15. The van der Waals surface area contributed by atoms with Gasteiger partial charge in [0, 0.05) is 23.9 Å². The van der Waals surface area contributed by atoms with E-state index in [1.165, 1.54) is 12.3 Å². The van der Waals surface area contributed by atoms with Crippen molar-refractivity contribution in [3.63, 3.8) is 0 Å². The molecule has 0 radical (unpaired) electrons. The first-order chi connectivity index (χ1) is 10.8. The molecule has 0 aliphatic carbocycles. The van der Waals surface area contributed by atoms with E-state index in [0.717, 1.165) is 0 Å². The van der Waals surface area contributed by atoms with Gasteiger partial charge in [-0.15, -0.1) is 0 Å². The van der Waals surface area contributed by atoms with Gasteiger partial charge in [0.15, 0.2) is 11.6 Å². The standard InChI is InChI=1S/C16H20FN3O3/c1-16(2,3)23-15(22)18-7-8-20-10-11(9-19-20)12-5-4-6-13(21)14(12)17/h4-6,9-10,21H,7-8H2,1-3H3,(H,18,22). The first-order valence-corrected chi connectivity index (χ1v) is 7.23. The largest absolute Gasteiger partial charge is 0.505 e. The second kappa shape index (κ2) is 6.68. The minimum Gasteiger partial charge on any atom is -0.505 e. The monoisotopic (exact) mass is 321 g/mol. The maximum absolute atomic E-state index is 13.9. The SMILES string of the molecule is CC(C)(C)OC(=O)NCCn1cc(-c2cccc(O)c2F)cn1. The number of nitrogens with one attached hydrogen (secondary N) is 1. The third-order valence-corrected chi connectivity index (χ3v) is 2.93. The van der Waals surface area contributed by atoms with Crippen molar-refractivity contribution in [1.82, 2.24) is 15.1 Å². The topological polar surface area (TPSA) is 76.4 Å². The van der Waals surface area contributed by atoms with Gasteiger partial charge in [-0.1, -0.05) is 12.1 Å². The molecule has 1 aromatic carbocycles. The van der Waals surface area contributed by atoms with Crippen LogP contribution in [0.1, 0.15) is 20.8 Å². The Morgan fingerprint density at radius 3 is 2.87 bits per heavy atom. The Kier molecular flexibility index (Phi) is 4.88. The molecule has 0 aliphatic rings. The van der Waals surface area contributed by atoms with Crippen molar-refractivity contribution in [3.05, 3.63) is 36.4 Å². The molecule has 0 atom stereocenters. The Morgan fingerprint density at radius 2 is 2.17 bits per heavy atom. The molecular formula is C16H20FN3O3. The number of carbonyl (C=O) groups excluding carboxylic acids is 1. The van der Waals surface area contributed by atoms with E-state index in [1.54, 1.807) is 43.8 Å². The van der Waals surface area contributed by atoms with Crippen LogP contribution in [-0.2, 0) is 11.3 Å². The Balaban J connectivity index is 1.93. The van der Waals surface area contributed by atoms with Crippen molar-refractivity contribution in [2.45, 2.75) is 32.9 Å². The van der Waals surface area contributed by atoms with E-state index in [2.05, 4.69) is 10.4 Å². The summed E-state index contributed by atoms with van der Waals surface area (Å²) in [6.45, 7) is 6.11. The lowest BCUT2D eigenvalue weighted by Gasteiger charge is -2.19. The van der Waals surface area contributed by atoms with Gasteiger partial charge in [0.2, 0.25) is 0 Å². The Hall–Kier alpha value is -2.57. The normalized spacial score (nSPS) is 11.3. The Bertz CT molecular complexity index is 692. The lowest BCUT2D eigenvalue weighted by atomic mass is 10.1. The Morgan fingerprint density at radius 1 is 1.43 bits per heavy atom. The van der Waals surface area contributed by atoms with Gasteiger partial charge in [0.25, 0.3) is 0 Å².